The van der Waals surface area contributed by atoms with E-state index in [1.165, 1.54) is 38.5 Å². The normalized spacial score (nSPS) is 47.7. The van der Waals surface area contributed by atoms with Crippen LogP contribution >= 0.6 is 0 Å². The summed E-state index contributed by atoms with van der Waals surface area (Å²) in [6, 6.07) is 9.99. The van der Waals surface area contributed by atoms with Crippen molar-refractivity contribution in [3.8, 4) is 0 Å². The Labute approximate surface area is 182 Å². The lowest BCUT2D eigenvalue weighted by atomic mass is 9.44. The minimum Gasteiger partial charge on any atom is -0.390 e. The van der Waals surface area contributed by atoms with Crippen LogP contribution in [-0.4, -0.2) is 22.7 Å². The number of hydrogen-bond acceptors (Lipinski definition) is 2. The third-order valence-electron chi connectivity index (χ3n) is 10.3. The van der Waals surface area contributed by atoms with Crippen molar-refractivity contribution in [1.29, 1.82) is 0 Å². The van der Waals surface area contributed by atoms with Gasteiger partial charge in [0.2, 0.25) is 0 Å². The zero-order valence-electron chi connectivity index (χ0n) is 19.0. The van der Waals surface area contributed by atoms with E-state index in [0.29, 0.717) is 17.4 Å². The van der Waals surface area contributed by atoms with Gasteiger partial charge in [0.1, 0.15) is 0 Å². The van der Waals surface area contributed by atoms with Gasteiger partial charge in [-0.2, -0.15) is 0 Å². The van der Waals surface area contributed by atoms with Crippen molar-refractivity contribution in [1.82, 2.24) is 5.32 Å². The summed E-state index contributed by atoms with van der Waals surface area (Å²) in [5, 5.41) is 14.1. The maximum absolute atomic E-state index is 12.9. The van der Waals surface area contributed by atoms with Gasteiger partial charge in [-0.3, -0.25) is 4.79 Å². The minimum atomic E-state index is -0.458. The Hall–Kier alpha value is -1.35. The number of rotatable bonds is 2. The van der Waals surface area contributed by atoms with Gasteiger partial charge in [0.05, 0.1) is 5.60 Å². The van der Waals surface area contributed by atoms with Gasteiger partial charge in [-0.1, -0.05) is 32.0 Å². The molecule has 3 nitrogen and oxygen atoms in total. The van der Waals surface area contributed by atoms with Crippen molar-refractivity contribution >= 4 is 5.91 Å². The molecule has 0 bridgehead atoms. The molecule has 4 aliphatic rings. The second-order valence-electron chi connectivity index (χ2n) is 11.9. The zero-order valence-corrected chi connectivity index (χ0v) is 19.0. The van der Waals surface area contributed by atoms with Crippen molar-refractivity contribution in [2.45, 2.75) is 90.2 Å². The molecule has 4 aliphatic carbocycles. The zero-order chi connectivity index (χ0) is 21.1. The van der Waals surface area contributed by atoms with Crippen molar-refractivity contribution < 1.29 is 9.90 Å². The SMILES string of the molecule is C[C@@]1(O)CC[C@@]2(C)[C@@H](CC[C@@H]3[C@@H]2CC[C@]2(C)[C@@H](NC(=O)c4ccccc4)CC[C@@H]32)C1. The molecule has 5 rings (SSSR count). The fraction of sp³-hybridized carbons (Fsp3) is 0.741. The minimum absolute atomic E-state index is 0.0924. The lowest BCUT2D eigenvalue weighted by Gasteiger charge is -2.61. The summed E-state index contributed by atoms with van der Waals surface area (Å²) in [6.45, 7) is 7.07. The van der Waals surface area contributed by atoms with Crippen LogP contribution in [0.1, 0.15) is 88.9 Å². The lowest BCUT2D eigenvalue weighted by Crippen LogP contribution is -2.57. The standard InChI is InChI=1S/C27H39NO2/c1-25(30)15-16-26(2)19(17-25)9-10-20-21-11-12-23(27(21,3)14-13-22(20)26)28-24(29)18-7-5-4-6-8-18/h4-8,19-23,30H,9-17H2,1-3H3,(H,28,29)/t19-,20-,21-,22-,23-,25+,26-,27-/m0/s1. The highest BCUT2D eigenvalue weighted by Gasteiger charge is 2.61. The van der Waals surface area contributed by atoms with Crippen LogP contribution in [0.15, 0.2) is 30.3 Å². The van der Waals surface area contributed by atoms with E-state index >= 15 is 0 Å². The largest absolute Gasteiger partial charge is 0.390 e. The van der Waals surface area contributed by atoms with E-state index < -0.39 is 5.60 Å². The quantitative estimate of drug-likeness (QED) is 0.670. The van der Waals surface area contributed by atoms with Crippen LogP contribution in [-0.2, 0) is 0 Å². The third-order valence-corrected chi connectivity index (χ3v) is 10.3. The van der Waals surface area contributed by atoms with Gasteiger partial charge in [0.15, 0.2) is 0 Å². The summed E-state index contributed by atoms with van der Waals surface area (Å²) >= 11 is 0. The number of carbonyl (C=O) groups excluding carboxylic acids is 1. The fourth-order valence-corrected chi connectivity index (χ4v) is 8.50. The van der Waals surface area contributed by atoms with Gasteiger partial charge in [0, 0.05) is 11.6 Å². The molecule has 0 aromatic heterocycles. The van der Waals surface area contributed by atoms with Crippen LogP contribution in [0.5, 0.6) is 0 Å². The molecule has 30 heavy (non-hydrogen) atoms. The topological polar surface area (TPSA) is 49.3 Å². The molecule has 1 aromatic rings. The third kappa shape index (κ3) is 3.15. The van der Waals surface area contributed by atoms with E-state index in [1.54, 1.807) is 0 Å². The molecule has 1 amide bonds. The molecule has 1 aromatic carbocycles. The monoisotopic (exact) mass is 409 g/mol. The molecule has 0 heterocycles. The number of nitrogens with one attached hydrogen (secondary N) is 1. The number of amides is 1. The number of carbonyl (C=O) groups is 1. The molecular formula is C27H39NO2. The molecule has 2 N–H and O–H groups in total. The van der Waals surface area contributed by atoms with Gasteiger partial charge >= 0.3 is 0 Å². The van der Waals surface area contributed by atoms with Gasteiger partial charge in [-0.15, -0.1) is 0 Å². The molecular weight excluding hydrogens is 370 g/mol. The van der Waals surface area contributed by atoms with E-state index in [4.69, 9.17) is 0 Å². The maximum atomic E-state index is 12.9. The van der Waals surface area contributed by atoms with Crippen LogP contribution in [0.2, 0.25) is 0 Å². The summed E-state index contributed by atoms with van der Waals surface area (Å²) in [7, 11) is 0. The van der Waals surface area contributed by atoms with Gasteiger partial charge in [-0.05, 0) is 111 Å². The molecule has 0 radical (unpaired) electrons. The van der Waals surface area contributed by atoms with Gasteiger partial charge in [0.25, 0.3) is 5.91 Å². The van der Waals surface area contributed by atoms with E-state index in [9.17, 15) is 9.90 Å². The molecule has 4 saturated carbocycles. The van der Waals surface area contributed by atoms with E-state index in [1.807, 2.05) is 37.3 Å². The van der Waals surface area contributed by atoms with Crippen LogP contribution in [0.25, 0.3) is 0 Å². The summed E-state index contributed by atoms with van der Waals surface area (Å²) in [5.74, 6) is 3.11. The Morgan fingerprint density at radius 2 is 1.63 bits per heavy atom. The average molecular weight is 410 g/mol. The van der Waals surface area contributed by atoms with E-state index in [2.05, 4.69) is 19.2 Å². The molecule has 4 fully saturated rings. The molecule has 8 atom stereocenters. The van der Waals surface area contributed by atoms with Crippen molar-refractivity contribution in [2.75, 3.05) is 0 Å². The van der Waals surface area contributed by atoms with Gasteiger partial charge in [-0.25, -0.2) is 0 Å². The Morgan fingerprint density at radius 1 is 0.900 bits per heavy atom. The molecule has 0 saturated heterocycles. The smallest absolute Gasteiger partial charge is 0.251 e. The predicted octanol–water partition coefficient (Wildman–Crippen LogP) is 5.58. The number of aliphatic hydroxyl groups is 1. The average Bonchev–Trinajstić information content (AvgIpc) is 3.05. The predicted molar refractivity (Wildman–Crippen MR) is 120 cm³/mol. The first-order chi connectivity index (χ1) is 14.2. The van der Waals surface area contributed by atoms with E-state index in [0.717, 1.165) is 42.6 Å². The highest BCUT2D eigenvalue weighted by atomic mass is 16.3. The second-order valence-corrected chi connectivity index (χ2v) is 11.9. The Balaban J connectivity index is 1.34. The summed E-state index contributed by atoms with van der Waals surface area (Å²) in [6.07, 6.45) is 10.6. The Morgan fingerprint density at radius 3 is 2.40 bits per heavy atom. The molecule has 164 valence electrons. The van der Waals surface area contributed by atoms with Crippen LogP contribution in [0, 0.1) is 34.5 Å². The highest BCUT2D eigenvalue weighted by Crippen LogP contribution is 2.66. The fourth-order valence-electron chi connectivity index (χ4n) is 8.50. The van der Waals surface area contributed by atoms with Crippen molar-refractivity contribution in [2.24, 2.45) is 34.5 Å². The Kier molecular flexibility index (Phi) is 4.85. The molecule has 0 spiro atoms. The first kappa shape index (κ1) is 20.5. The number of hydrogen-bond donors (Lipinski definition) is 2. The lowest BCUT2D eigenvalue weighted by molar-refractivity contribution is -0.143. The highest BCUT2D eigenvalue weighted by molar-refractivity contribution is 5.94. The first-order valence-corrected chi connectivity index (χ1v) is 12.3. The first-order valence-electron chi connectivity index (χ1n) is 12.3. The summed E-state index contributed by atoms with van der Waals surface area (Å²) in [4.78, 5) is 12.9. The summed E-state index contributed by atoms with van der Waals surface area (Å²) in [5.41, 5.74) is 0.952. The Bertz CT molecular complexity index is 804. The van der Waals surface area contributed by atoms with Crippen molar-refractivity contribution in [3.05, 3.63) is 35.9 Å². The van der Waals surface area contributed by atoms with Crippen molar-refractivity contribution in [3.63, 3.8) is 0 Å². The second kappa shape index (κ2) is 7.08. The molecule has 0 unspecified atom stereocenters. The van der Waals surface area contributed by atoms with Crippen LogP contribution < -0.4 is 5.32 Å². The molecule has 0 aliphatic heterocycles. The molecule has 3 heteroatoms. The number of benzene rings is 1. The van der Waals surface area contributed by atoms with Gasteiger partial charge < -0.3 is 10.4 Å². The van der Waals surface area contributed by atoms with Crippen LogP contribution in [0.4, 0.5) is 0 Å². The van der Waals surface area contributed by atoms with Crippen LogP contribution in [0.3, 0.4) is 0 Å². The summed E-state index contributed by atoms with van der Waals surface area (Å²) < 4.78 is 0. The maximum Gasteiger partial charge on any atom is 0.251 e. The van der Waals surface area contributed by atoms with E-state index in [-0.39, 0.29) is 11.3 Å². The number of fused-ring (bicyclic) bond motifs is 5.